The second kappa shape index (κ2) is 7.59. The molecule has 0 radical (unpaired) electrons. The Bertz CT molecular complexity index is 333. The molecule has 124 valence electrons. The van der Waals surface area contributed by atoms with Crippen molar-refractivity contribution in [2.75, 3.05) is 20.6 Å². The van der Waals surface area contributed by atoms with Crippen molar-refractivity contribution in [3.63, 3.8) is 0 Å². The summed E-state index contributed by atoms with van der Waals surface area (Å²) in [7, 11) is 4.05. The third kappa shape index (κ3) is 5.59. The van der Waals surface area contributed by atoms with Crippen molar-refractivity contribution >= 4 is 5.91 Å². The quantitative estimate of drug-likeness (QED) is 0.677. The lowest BCUT2D eigenvalue weighted by Crippen LogP contribution is -2.51. The maximum atomic E-state index is 11.4. The lowest BCUT2D eigenvalue weighted by atomic mass is 9.75. The van der Waals surface area contributed by atoms with Crippen LogP contribution in [0.1, 0.15) is 65.7 Å². The van der Waals surface area contributed by atoms with Gasteiger partial charge in [-0.25, -0.2) is 0 Å². The number of nitrogens with one attached hydrogen (secondary N) is 1. The first-order chi connectivity index (χ1) is 9.70. The van der Waals surface area contributed by atoms with Gasteiger partial charge in [0.25, 0.3) is 0 Å². The summed E-state index contributed by atoms with van der Waals surface area (Å²) in [6.07, 6.45) is 8.27. The van der Waals surface area contributed by atoms with Crippen LogP contribution in [0.15, 0.2) is 0 Å². The summed E-state index contributed by atoms with van der Waals surface area (Å²) >= 11 is 0. The van der Waals surface area contributed by atoms with E-state index in [0.717, 1.165) is 31.8 Å². The van der Waals surface area contributed by atoms with Gasteiger partial charge in [0.1, 0.15) is 0 Å². The molecule has 0 heterocycles. The molecular formula is C17H35N3O. The highest BCUT2D eigenvalue weighted by molar-refractivity contribution is 5.84. The van der Waals surface area contributed by atoms with Crippen LogP contribution in [-0.4, -0.2) is 43.0 Å². The van der Waals surface area contributed by atoms with E-state index in [-0.39, 0.29) is 5.91 Å². The van der Waals surface area contributed by atoms with E-state index in [2.05, 4.69) is 31.1 Å². The topological polar surface area (TPSA) is 58.4 Å². The van der Waals surface area contributed by atoms with Gasteiger partial charge in [-0.2, -0.15) is 0 Å². The van der Waals surface area contributed by atoms with E-state index in [4.69, 9.17) is 5.73 Å². The Hall–Kier alpha value is -0.610. The van der Waals surface area contributed by atoms with Gasteiger partial charge < -0.3 is 16.0 Å². The molecule has 3 N–H and O–H groups in total. The predicted octanol–water partition coefficient (Wildman–Crippen LogP) is 2.52. The molecule has 4 heteroatoms. The van der Waals surface area contributed by atoms with Crippen LogP contribution in [0.2, 0.25) is 0 Å². The third-order valence-corrected chi connectivity index (χ3v) is 5.47. The van der Waals surface area contributed by atoms with Crippen LogP contribution in [0.25, 0.3) is 0 Å². The zero-order valence-corrected chi connectivity index (χ0v) is 14.7. The lowest BCUT2D eigenvalue weighted by molar-refractivity contribution is -0.123. The molecule has 0 saturated heterocycles. The second-order valence-electron chi connectivity index (χ2n) is 7.78. The first-order valence-corrected chi connectivity index (χ1v) is 8.39. The molecule has 0 aromatic heterocycles. The highest BCUT2D eigenvalue weighted by Gasteiger charge is 2.29. The molecule has 21 heavy (non-hydrogen) atoms. The van der Waals surface area contributed by atoms with Gasteiger partial charge in [-0.15, -0.1) is 0 Å². The molecule has 1 atom stereocenters. The Morgan fingerprint density at radius 2 is 1.90 bits per heavy atom. The van der Waals surface area contributed by atoms with E-state index in [1.807, 2.05) is 6.92 Å². The minimum Gasteiger partial charge on any atom is -0.368 e. The van der Waals surface area contributed by atoms with Crippen molar-refractivity contribution in [1.29, 1.82) is 0 Å². The number of hydrogen-bond acceptors (Lipinski definition) is 3. The van der Waals surface area contributed by atoms with Crippen LogP contribution in [0.4, 0.5) is 0 Å². The number of carbonyl (C=O) groups excluding carboxylic acids is 1. The Kier molecular flexibility index (Phi) is 6.67. The van der Waals surface area contributed by atoms with Crippen LogP contribution in [-0.2, 0) is 4.79 Å². The number of nitrogens with two attached hydrogens (primary N) is 1. The van der Waals surface area contributed by atoms with E-state index in [9.17, 15) is 4.79 Å². The number of carbonyl (C=O) groups is 1. The Morgan fingerprint density at radius 1 is 1.33 bits per heavy atom. The number of rotatable bonds is 8. The number of unbranched alkanes of at least 4 members (excludes halogenated alkanes) is 1. The van der Waals surface area contributed by atoms with Gasteiger partial charge in [0, 0.05) is 6.04 Å². The normalized spacial score (nSPS) is 22.2. The summed E-state index contributed by atoms with van der Waals surface area (Å²) in [5.74, 6) is -0.257. The highest BCUT2D eigenvalue weighted by atomic mass is 16.1. The lowest BCUT2D eigenvalue weighted by Gasteiger charge is -2.38. The SMILES string of the molecule is CNC(C)(CCCCN(C)C1CCC(C)(C)CC1)C(N)=O. The number of hydrogen-bond donors (Lipinski definition) is 2. The monoisotopic (exact) mass is 297 g/mol. The first kappa shape index (κ1) is 18.4. The molecular weight excluding hydrogens is 262 g/mol. The summed E-state index contributed by atoms with van der Waals surface area (Å²) in [6.45, 7) is 7.77. The summed E-state index contributed by atoms with van der Waals surface area (Å²) in [4.78, 5) is 13.9. The Morgan fingerprint density at radius 3 is 2.38 bits per heavy atom. The zero-order valence-electron chi connectivity index (χ0n) is 14.7. The minimum atomic E-state index is -0.562. The van der Waals surface area contributed by atoms with Crippen molar-refractivity contribution in [2.45, 2.75) is 77.3 Å². The summed E-state index contributed by atoms with van der Waals surface area (Å²) < 4.78 is 0. The zero-order chi connectivity index (χ0) is 16.1. The molecule has 0 spiro atoms. The smallest absolute Gasteiger partial charge is 0.237 e. The number of likely N-dealkylation sites (N-methyl/N-ethyl adjacent to an activating group) is 1. The van der Waals surface area contributed by atoms with Crippen molar-refractivity contribution in [3.8, 4) is 0 Å². The van der Waals surface area contributed by atoms with E-state index >= 15 is 0 Å². The highest BCUT2D eigenvalue weighted by Crippen LogP contribution is 2.36. The van der Waals surface area contributed by atoms with Gasteiger partial charge in [-0.05, 0) is 77.9 Å². The van der Waals surface area contributed by atoms with Gasteiger partial charge in [-0.1, -0.05) is 13.8 Å². The Labute approximate surface area is 130 Å². The average Bonchev–Trinajstić information content (AvgIpc) is 2.42. The molecule has 1 aliphatic carbocycles. The molecule has 1 amide bonds. The molecule has 0 aromatic carbocycles. The number of primary amides is 1. The van der Waals surface area contributed by atoms with E-state index < -0.39 is 5.54 Å². The van der Waals surface area contributed by atoms with Crippen molar-refractivity contribution in [2.24, 2.45) is 11.1 Å². The fourth-order valence-corrected chi connectivity index (χ4v) is 3.22. The minimum absolute atomic E-state index is 0.257. The van der Waals surface area contributed by atoms with Gasteiger partial charge in [0.15, 0.2) is 0 Å². The first-order valence-electron chi connectivity index (χ1n) is 8.39. The maximum Gasteiger partial charge on any atom is 0.237 e. The molecule has 0 bridgehead atoms. The number of nitrogens with zero attached hydrogens (tertiary/aromatic N) is 1. The van der Waals surface area contributed by atoms with Crippen LogP contribution in [0, 0.1) is 5.41 Å². The summed E-state index contributed by atoms with van der Waals surface area (Å²) in [6, 6.07) is 0.741. The van der Waals surface area contributed by atoms with E-state index in [1.54, 1.807) is 7.05 Å². The number of amides is 1. The molecule has 0 aliphatic heterocycles. The summed E-state index contributed by atoms with van der Waals surface area (Å²) in [5.41, 5.74) is 5.43. The predicted molar refractivity (Wildman–Crippen MR) is 89.2 cm³/mol. The molecule has 4 nitrogen and oxygen atoms in total. The van der Waals surface area contributed by atoms with E-state index in [0.29, 0.717) is 5.41 Å². The molecule has 1 rings (SSSR count). The largest absolute Gasteiger partial charge is 0.368 e. The van der Waals surface area contributed by atoms with Crippen LogP contribution in [0.3, 0.4) is 0 Å². The molecule has 0 aromatic rings. The van der Waals surface area contributed by atoms with Crippen molar-refractivity contribution < 1.29 is 4.79 Å². The molecule has 1 fully saturated rings. The third-order valence-electron chi connectivity index (χ3n) is 5.47. The summed E-state index contributed by atoms with van der Waals surface area (Å²) in [5, 5.41) is 3.05. The van der Waals surface area contributed by atoms with Gasteiger partial charge in [0.05, 0.1) is 5.54 Å². The molecule has 1 aliphatic rings. The molecule has 1 saturated carbocycles. The van der Waals surface area contributed by atoms with Crippen LogP contribution in [0.5, 0.6) is 0 Å². The second-order valence-corrected chi connectivity index (χ2v) is 7.78. The average molecular weight is 297 g/mol. The fraction of sp³-hybridized carbons (Fsp3) is 0.941. The van der Waals surface area contributed by atoms with Crippen molar-refractivity contribution in [1.82, 2.24) is 10.2 Å². The van der Waals surface area contributed by atoms with Crippen molar-refractivity contribution in [3.05, 3.63) is 0 Å². The Balaban J connectivity index is 2.25. The van der Waals surface area contributed by atoms with Crippen LogP contribution >= 0.6 is 0 Å². The van der Waals surface area contributed by atoms with E-state index in [1.165, 1.54) is 25.7 Å². The maximum absolute atomic E-state index is 11.4. The van der Waals surface area contributed by atoms with Crippen LogP contribution < -0.4 is 11.1 Å². The van der Waals surface area contributed by atoms with Gasteiger partial charge in [-0.3, -0.25) is 4.79 Å². The van der Waals surface area contributed by atoms with Gasteiger partial charge in [0.2, 0.25) is 5.91 Å². The fourth-order valence-electron chi connectivity index (χ4n) is 3.22. The molecule has 1 unspecified atom stereocenters. The van der Waals surface area contributed by atoms with Gasteiger partial charge >= 0.3 is 0 Å². The standard InChI is InChI=1S/C17H35N3O/c1-16(2)11-8-14(9-12-16)20(5)13-7-6-10-17(3,19-4)15(18)21/h14,19H,6-13H2,1-5H3,(H2,18,21).